The lowest BCUT2D eigenvalue weighted by Gasteiger charge is -2.24. The van der Waals surface area contributed by atoms with Crippen LogP contribution in [0.1, 0.15) is 17.0 Å². The van der Waals surface area contributed by atoms with Crippen molar-refractivity contribution in [3.63, 3.8) is 0 Å². The normalized spacial score (nSPS) is 16.7. The molecule has 22 heavy (non-hydrogen) atoms. The van der Waals surface area contributed by atoms with E-state index in [4.69, 9.17) is 9.47 Å². The molecular weight excluding hydrogens is 282 g/mol. The SMILES string of the molecule is Cc1cc(/C=N/NC(=O)[C@@H]2COc3ccccc3O2)c(C)[nH]1. The van der Waals surface area contributed by atoms with Crippen molar-refractivity contribution in [2.24, 2.45) is 5.10 Å². The number of H-pyrrole nitrogens is 1. The third-order valence-corrected chi connectivity index (χ3v) is 3.37. The summed E-state index contributed by atoms with van der Waals surface area (Å²) in [6.07, 6.45) is 0.898. The van der Waals surface area contributed by atoms with Crippen molar-refractivity contribution in [1.82, 2.24) is 10.4 Å². The summed E-state index contributed by atoms with van der Waals surface area (Å²) < 4.78 is 11.1. The highest BCUT2D eigenvalue weighted by atomic mass is 16.6. The molecule has 6 nitrogen and oxygen atoms in total. The summed E-state index contributed by atoms with van der Waals surface area (Å²) in [6.45, 7) is 4.08. The van der Waals surface area contributed by atoms with Crippen LogP contribution < -0.4 is 14.9 Å². The van der Waals surface area contributed by atoms with E-state index in [2.05, 4.69) is 15.5 Å². The van der Waals surface area contributed by atoms with E-state index in [9.17, 15) is 4.79 Å². The lowest BCUT2D eigenvalue weighted by molar-refractivity contribution is -0.130. The Balaban J connectivity index is 1.60. The second-order valence-corrected chi connectivity index (χ2v) is 5.13. The first-order valence-corrected chi connectivity index (χ1v) is 7.01. The number of carbonyl (C=O) groups excluding carboxylic acids is 1. The lowest BCUT2D eigenvalue weighted by Crippen LogP contribution is -2.42. The number of nitrogens with zero attached hydrogens (tertiary/aromatic N) is 1. The van der Waals surface area contributed by atoms with Gasteiger partial charge >= 0.3 is 0 Å². The number of aromatic nitrogens is 1. The minimum absolute atomic E-state index is 0.167. The molecule has 0 unspecified atom stereocenters. The number of benzene rings is 1. The van der Waals surface area contributed by atoms with Gasteiger partial charge in [-0.2, -0.15) is 5.10 Å². The van der Waals surface area contributed by atoms with Gasteiger partial charge in [-0.3, -0.25) is 4.79 Å². The minimum Gasteiger partial charge on any atom is -0.485 e. The summed E-state index contributed by atoms with van der Waals surface area (Å²) in [5.41, 5.74) is 5.46. The molecule has 0 bridgehead atoms. The standard InChI is InChI=1S/C16H17N3O3/c1-10-7-12(11(2)18-10)8-17-19-16(20)15-9-21-13-5-3-4-6-14(13)22-15/h3-8,15,18H,9H2,1-2H3,(H,19,20)/b17-8+/t15-/m0/s1. The summed E-state index contributed by atoms with van der Waals surface area (Å²) in [4.78, 5) is 15.2. The molecule has 1 amide bonds. The van der Waals surface area contributed by atoms with E-state index < -0.39 is 6.10 Å². The van der Waals surface area contributed by atoms with Crippen LogP contribution in [-0.2, 0) is 4.79 Å². The number of rotatable bonds is 3. The number of hydrazone groups is 1. The van der Waals surface area contributed by atoms with Crippen molar-refractivity contribution in [2.75, 3.05) is 6.61 Å². The predicted molar refractivity (Wildman–Crippen MR) is 82.4 cm³/mol. The van der Waals surface area contributed by atoms with Crippen LogP contribution in [0.15, 0.2) is 35.4 Å². The second-order valence-electron chi connectivity index (χ2n) is 5.13. The fourth-order valence-electron chi connectivity index (χ4n) is 2.27. The fourth-order valence-corrected chi connectivity index (χ4v) is 2.27. The van der Waals surface area contributed by atoms with E-state index in [0.717, 1.165) is 17.0 Å². The molecule has 2 N–H and O–H groups in total. The zero-order chi connectivity index (χ0) is 15.5. The second kappa shape index (κ2) is 5.93. The van der Waals surface area contributed by atoms with Gasteiger partial charge in [-0.25, -0.2) is 5.43 Å². The number of aryl methyl sites for hydroxylation is 2. The van der Waals surface area contributed by atoms with Gasteiger partial charge in [-0.1, -0.05) is 12.1 Å². The van der Waals surface area contributed by atoms with Crippen molar-refractivity contribution in [3.05, 3.63) is 47.3 Å². The highest BCUT2D eigenvalue weighted by Gasteiger charge is 2.26. The molecule has 1 aliphatic heterocycles. The number of hydrogen-bond donors (Lipinski definition) is 2. The zero-order valence-corrected chi connectivity index (χ0v) is 12.4. The summed E-state index contributed by atoms with van der Waals surface area (Å²) in [5.74, 6) is 0.874. The Hall–Kier alpha value is -2.76. The van der Waals surface area contributed by atoms with Gasteiger partial charge in [0.25, 0.3) is 5.91 Å². The van der Waals surface area contributed by atoms with Crippen LogP contribution in [0.5, 0.6) is 11.5 Å². The number of para-hydroxylation sites is 2. The van der Waals surface area contributed by atoms with Crippen molar-refractivity contribution in [2.45, 2.75) is 20.0 Å². The van der Waals surface area contributed by atoms with Gasteiger partial charge in [0.1, 0.15) is 6.61 Å². The molecule has 0 fully saturated rings. The maximum absolute atomic E-state index is 12.1. The number of fused-ring (bicyclic) bond motifs is 1. The third kappa shape index (κ3) is 2.95. The fraction of sp³-hybridized carbons (Fsp3) is 0.250. The van der Waals surface area contributed by atoms with E-state index in [1.807, 2.05) is 32.0 Å². The van der Waals surface area contributed by atoms with Crippen molar-refractivity contribution < 1.29 is 14.3 Å². The summed E-state index contributed by atoms with van der Waals surface area (Å²) >= 11 is 0. The van der Waals surface area contributed by atoms with Crippen molar-refractivity contribution >= 4 is 12.1 Å². The Labute approximate surface area is 128 Å². The first-order valence-electron chi connectivity index (χ1n) is 7.01. The molecule has 2 heterocycles. The van der Waals surface area contributed by atoms with Gasteiger partial charge in [0, 0.05) is 17.0 Å². The van der Waals surface area contributed by atoms with Gasteiger partial charge in [0.2, 0.25) is 6.10 Å². The van der Waals surface area contributed by atoms with Crippen LogP contribution in [0.2, 0.25) is 0 Å². The predicted octanol–water partition coefficient (Wildman–Crippen LogP) is 1.92. The van der Waals surface area contributed by atoms with Gasteiger partial charge < -0.3 is 14.5 Å². The number of nitrogens with one attached hydrogen (secondary N) is 2. The molecule has 1 atom stereocenters. The summed E-state index contributed by atoms with van der Waals surface area (Å²) in [7, 11) is 0. The molecule has 1 aromatic carbocycles. The Kier molecular flexibility index (Phi) is 3.82. The molecule has 0 saturated heterocycles. The number of hydrogen-bond acceptors (Lipinski definition) is 4. The quantitative estimate of drug-likeness (QED) is 0.671. The number of carbonyl (C=O) groups is 1. The minimum atomic E-state index is -0.707. The Morgan fingerprint density at radius 3 is 2.86 bits per heavy atom. The first kappa shape index (κ1) is 14.2. The molecule has 1 aromatic heterocycles. The molecule has 0 spiro atoms. The van der Waals surface area contributed by atoms with E-state index in [1.54, 1.807) is 18.3 Å². The molecule has 3 rings (SSSR count). The van der Waals surface area contributed by atoms with E-state index in [-0.39, 0.29) is 12.5 Å². The first-order chi connectivity index (χ1) is 10.6. The number of aromatic amines is 1. The van der Waals surface area contributed by atoms with E-state index >= 15 is 0 Å². The topological polar surface area (TPSA) is 75.7 Å². The van der Waals surface area contributed by atoms with Crippen LogP contribution >= 0.6 is 0 Å². The molecule has 2 aromatic rings. The number of ether oxygens (including phenoxy) is 2. The zero-order valence-electron chi connectivity index (χ0n) is 12.4. The number of amides is 1. The molecule has 1 aliphatic rings. The van der Waals surface area contributed by atoms with Crippen LogP contribution in [-0.4, -0.2) is 29.8 Å². The van der Waals surface area contributed by atoms with Crippen molar-refractivity contribution in [1.29, 1.82) is 0 Å². The summed E-state index contributed by atoms with van der Waals surface area (Å²) in [5, 5.41) is 3.97. The van der Waals surface area contributed by atoms with E-state index in [1.165, 1.54) is 0 Å². The van der Waals surface area contributed by atoms with Gasteiger partial charge in [0.15, 0.2) is 11.5 Å². The maximum Gasteiger partial charge on any atom is 0.284 e. The molecule has 114 valence electrons. The average Bonchev–Trinajstić information content (AvgIpc) is 2.84. The smallest absolute Gasteiger partial charge is 0.284 e. The largest absolute Gasteiger partial charge is 0.485 e. The Morgan fingerprint density at radius 2 is 2.14 bits per heavy atom. The summed E-state index contributed by atoms with van der Waals surface area (Å²) in [6, 6.07) is 9.22. The van der Waals surface area contributed by atoms with Crippen LogP contribution in [0.3, 0.4) is 0 Å². The van der Waals surface area contributed by atoms with Gasteiger partial charge in [0.05, 0.1) is 6.21 Å². The van der Waals surface area contributed by atoms with Crippen LogP contribution in [0.4, 0.5) is 0 Å². The van der Waals surface area contributed by atoms with Crippen molar-refractivity contribution in [3.8, 4) is 11.5 Å². The lowest BCUT2D eigenvalue weighted by atomic mass is 10.2. The molecule has 0 saturated carbocycles. The highest BCUT2D eigenvalue weighted by molar-refractivity contribution is 5.85. The molecular formula is C16H17N3O3. The third-order valence-electron chi connectivity index (χ3n) is 3.37. The highest BCUT2D eigenvalue weighted by Crippen LogP contribution is 2.30. The Bertz CT molecular complexity index is 721. The molecule has 0 radical (unpaired) electrons. The molecule has 6 heteroatoms. The Morgan fingerprint density at radius 1 is 1.36 bits per heavy atom. The van der Waals surface area contributed by atoms with Gasteiger partial charge in [-0.05, 0) is 32.0 Å². The van der Waals surface area contributed by atoms with Crippen LogP contribution in [0.25, 0.3) is 0 Å². The monoisotopic (exact) mass is 299 g/mol. The van der Waals surface area contributed by atoms with Gasteiger partial charge in [-0.15, -0.1) is 0 Å². The van der Waals surface area contributed by atoms with E-state index in [0.29, 0.717) is 11.5 Å². The molecule has 0 aliphatic carbocycles. The van der Waals surface area contributed by atoms with Crippen LogP contribution in [0, 0.1) is 13.8 Å². The average molecular weight is 299 g/mol. The maximum atomic E-state index is 12.1.